The molecule has 0 unspecified atom stereocenters. The molecule has 0 aromatic carbocycles. The van der Waals surface area contributed by atoms with Crippen LogP contribution in [0.1, 0.15) is 75.8 Å². The summed E-state index contributed by atoms with van der Waals surface area (Å²) in [5.74, 6) is 3.69. The van der Waals surface area contributed by atoms with Crippen LogP contribution in [-0.2, 0) is 4.79 Å². The van der Waals surface area contributed by atoms with Crippen molar-refractivity contribution in [1.82, 2.24) is 20.5 Å². The van der Waals surface area contributed by atoms with E-state index in [1.165, 1.54) is 48.2 Å². The van der Waals surface area contributed by atoms with Gasteiger partial charge in [0.1, 0.15) is 11.6 Å². The highest BCUT2D eigenvalue weighted by Gasteiger charge is 2.31. The summed E-state index contributed by atoms with van der Waals surface area (Å²) in [5, 5.41) is 7.00. The first kappa shape index (κ1) is 22.8. The second-order valence-corrected chi connectivity index (χ2v) is 9.39. The Balaban J connectivity index is 1.29. The third-order valence-corrected chi connectivity index (χ3v) is 6.67. The molecular formula is C26H39N5O. The van der Waals surface area contributed by atoms with Gasteiger partial charge in [-0.3, -0.25) is 9.69 Å². The van der Waals surface area contributed by atoms with Gasteiger partial charge in [0.05, 0.1) is 0 Å². The van der Waals surface area contributed by atoms with Crippen LogP contribution in [0.5, 0.6) is 0 Å². The van der Waals surface area contributed by atoms with Crippen molar-refractivity contribution < 1.29 is 4.79 Å². The maximum atomic E-state index is 11.9. The highest BCUT2D eigenvalue weighted by Crippen LogP contribution is 2.47. The van der Waals surface area contributed by atoms with E-state index < -0.39 is 0 Å². The van der Waals surface area contributed by atoms with Gasteiger partial charge < -0.3 is 15.5 Å². The van der Waals surface area contributed by atoms with Crippen LogP contribution in [0.2, 0.25) is 0 Å². The number of nitrogens with zero attached hydrogens (tertiary/aromatic N) is 3. The molecule has 0 radical (unpaired) electrons. The first-order valence-corrected chi connectivity index (χ1v) is 12.5. The molecule has 32 heavy (non-hydrogen) atoms. The average Bonchev–Trinajstić information content (AvgIpc) is 3.71. The van der Waals surface area contributed by atoms with E-state index in [-0.39, 0.29) is 5.91 Å². The lowest BCUT2D eigenvalue weighted by Gasteiger charge is -2.28. The third-order valence-electron chi connectivity index (χ3n) is 6.67. The lowest BCUT2D eigenvalue weighted by molar-refractivity contribution is -0.127. The standard InChI is InChI=1S/C26H39N5O/c1-4-13-31(19(3)32)25-11-6-20(17-28-25)16-27-12-14-30(5-2)26-24(22-9-10-22)15-23(18-29-26)21-7-8-21/h6,11,15,18,21-22,27-28H,4-5,7-10,12-14,16-17H2,1-3H3. The van der Waals surface area contributed by atoms with Crippen molar-refractivity contribution in [3.05, 3.63) is 46.9 Å². The molecule has 2 aliphatic carbocycles. The summed E-state index contributed by atoms with van der Waals surface area (Å²) in [4.78, 5) is 21.0. The van der Waals surface area contributed by atoms with Crippen molar-refractivity contribution in [2.24, 2.45) is 0 Å². The molecule has 0 bridgehead atoms. The summed E-state index contributed by atoms with van der Waals surface area (Å²) in [6.45, 7) is 11.2. The van der Waals surface area contributed by atoms with E-state index in [0.29, 0.717) is 0 Å². The number of likely N-dealkylation sites (N-methyl/N-ethyl adjacent to an activating group) is 1. The van der Waals surface area contributed by atoms with Crippen LogP contribution in [-0.4, -0.2) is 55.1 Å². The summed E-state index contributed by atoms with van der Waals surface area (Å²) >= 11 is 0. The molecule has 2 N–H and O–H groups in total. The van der Waals surface area contributed by atoms with Crippen LogP contribution in [0.25, 0.3) is 0 Å². The molecule has 0 spiro atoms. The largest absolute Gasteiger partial charge is 0.368 e. The summed E-state index contributed by atoms with van der Waals surface area (Å²) in [6.07, 6.45) is 12.5. The van der Waals surface area contributed by atoms with E-state index in [1.807, 2.05) is 11.0 Å². The van der Waals surface area contributed by atoms with E-state index in [2.05, 4.69) is 47.7 Å². The van der Waals surface area contributed by atoms with E-state index in [4.69, 9.17) is 4.98 Å². The molecule has 1 aliphatic heterocycles. The molecule has 4 rings (SSSR count). The van der Waals surface area contributed by atoms with Crippen LogP contribution in [0.3, 0.4) is 0 Å². The van der Waals surface area contributed by atoms with Crippen molar-refractivity contribution >= 4 is 11.7 Å². The summed E-state index contributed by atoms with van der Waals surface area (Å²) < 4.78 is 0. The zero-order valence-electron chi connectivity index (χ0n) is 20.0. The predicted octanol–water partition coefficient (Wildman–Crippen LogP) is 3.88. The van der Waals surface area contributed by atoms with Crippen LogP contribution in [0, 0.1) is 0 Å². The third kappa shape index (κ3) is 5.71. The zero-order valence-corrected chi connectivity index (χ0v) is 20.0. The number of amides is 1. The Kier molecular flexibility index (Phi) is 7.51. The lowest BCUT2D eigenvalue weighted by Crippen LogP contribution is -2.39. The average molecular weight is 438 g/mol. The molecule has 1 aromatic rings. The number of rotatable bonds is 12. The molecule has 2 fully saturated rings. The molecule has 6 nitrogen and oxygen atoms in total. The fourth-order valence-corrected chi connectivity index (χ4v) is 4.46. The number of anilines is 1. The van der Waals surface area contributed by atoms with Crippen molar-refractivity contribution in [2.75, 3.05) is 44.2 Å². The van der Waals surface area contributed by atoms with E-state index in [0.717, 1.165) is 63.3 Å². The highest BCUT2D eigenvalue weighted by molar-refractivity contribution is 5.75. The minimum absolute atomic E-state index is 0.0876. The molecule has 2 saturated carbocycles. The summed E-state index contributed by atoms with van der Waals surface area (Å²) in [5.41, 5.74) is 4.24. The number of carbonyl (C=O) groups excluding carboxylic acids is 1. The predicted molar refractivity (Wildman–Crippen MR) is 131 cm³/mol. The van der Waals surface area contributed by atoms with Gasteiger partial charge >= 0.3 is 0 Å². The van der Waals surface area contributed by atoms with E-state index in [9.17, 15) is 4.79 Å². The smallest absolute Gasteiger partial charge is 0.224 e. The minimum Gasteiger partial charge on any atom is -0.368 e. The Morgan fingerprint density at radius 1 is 1.16 bits per heavy atom. The number of allylic oxidation sites excluding steroid dienone is 2. The summed E-state index contributed by atoms with van der Waals surface area (Å²) in [7, 11) is 0. The number of hydrogen-bond donors (Lipinski definition) is 2. The first-order chi connectivity index (χ1) is 15.6. The Morgan fingerprint density at radius 3 is 2.53 bits per heavy atom. The van der Waals surface area contributed by atoms with Gasteiger partial charge in [0.25, 0.3) is 0 Å². The number of hydrogen-bond acceptors (Lipinski definition) is 5. The van der Waals surface area contributed by atoms with Gasteiger partial charge in [-0.2, -0.15) is 0 Å². The van der Waals surface area contributed by atoms with E-state index >= 15 is 0 Å². The number of aromatic nitrogens is 1. The molecule has 1 amide bonds. The second kappa shape index (κ2) is 10.5. The normalized spacial score (nSPS) is 18.0. The van der Waals surface area contributed by atoms with E-state index in [1.54, 1.807) is 6.92 Å². The SMILES string of the molecule is CCCN(C(C)=O)C1=CC=C(CNCCN(CC)c2ncc(C3CC3)cc2C2CC2)CN1. The Morgan fingerprint density at radius 2 is 1.94 bits per heavy atom. The molecule has 1 aromatic heterocycles. The topological polar surface area (TPSA) is 60.5 Å². The molecule has 3 aliphatic rings. The van der Waals surface area contributed by atoms with Gasteiger partial charge in [0.15, 0.2) is 0 Å². The Hall–Kier alpha value is -2.34. The number of carbonyl (C=O) groups is 1. The zero-order chi connectivity index (χ0) is 22.5. The fourth-order valence-electron chi connectivity index (χ4n) is 4.46. The quantitative estimate of drug-likeness (QED) is 0.486. The van der Waals surface area contributed by atoms with Crippen molar-refractivity contribution in [3.63, 3.8) is 0 Å². The fraction of sp³-hybridized carbons (Fsp3) is 0.615. The van der Waals surface area contributed by atoms with Gasteiger partial charge in [0.2, 0.25) is 5.91 Å². The second-order valence-electron chi connectivity index (χ2n) is 9.39. The van der Waals surface area contributed by atoms with Gasteiger partial charge in [0, 0.05) is 52.4 Å². The maximum absolute atomic E-state index is 11.9. The van der Waals surface area contributed by atoms with Gasteiger partial charge in [-0.1, -0.05) is 19.1 Å². The molecule has 174 valence electrons. The number of pyridine rings is 1. The van der Waals surface area contributed by atoms with Crippen LogP contribution >= 0.6 is 0 Å². The van der Waals surface area contributed by atoms with Crippen molar-refractivity contribution in [1.29, 1.82) is 0 Å². The number of nitrogens with one attached hydrogen (secondary N) is 2. The van der Waals surface area contributed by atoms with Gasteiger partial charge in [-0.05, 0) is 73.6 Å². The summed E-state index contributed by atoms with van der Waals surface area (Å²) in [6, 6.07) is 2.46. The molecule has 6 heteroatoms. The lowest BCUT2D eigenvalue weighted by atomic mass is 10.1. The molecule has 0 saturated heterocycles. The van der Waals surface area contributed by atoms with Crippen molar-refractivity contribution in [2.45, 2.75) is 64.7 Å². The maximum Gasteiger partial charge on any atom is 0.224 e. The van der Waals surface area contributed by atoms with Crippen LogP contribution in [0.15, 0.2) is 35.8 Å². The first-order valence-electron chi connectivity index (χ1n) is 12.5. The van der Waals surface area contributed by atoms with Crippen LogP contribution < -0.4 is 15.5 Å². The minimum atomic E-state index is 0.0876. The van der Waals surface area contributed by atoms with Gasteiger partial charge in [-0.25, -0.2) is 4.98 Å². The molecular weight excluding hydrogens is 398 g/mol. The monoisotopic (exact) mass is 437 g/mol. The molecule has 2 heterocycles. The van der Waals surface area contributed by atoms with Crippen LogP contribution in [0.4, 0.5) is 5.82 Å². The van der Waals surface area contributed by atoms with Gasteiger partial charge in [-0.15, -0.1) is 0 Å². The molecule has 0 atom stereocenters. The van der Waals surface area contributed by atoms with Crippen molar-refractivity contribution in [3.8, 4) is 0 Å². The number of dihydropyridines is 1. The Labute approximate surface area is 193 Å². The highest BCUT2D eigenvalue weighted by atomic mass is 16.2. The Bertz CT molecular complexity index is 869.